The van der Waals surface area contributed by atoms with Crippen LogP contribution in [0.15, 0.2) is 279 Å². The number of H-pyrrole nitrogens is 4. The van der Waals surface area contributed by atoms with E-state index in [1.807, 2.05) is 115 Å². The number of hydrogen-bond donors (Lipinski definition) is 5. The van der Waals surface area contributed by atoms with E-state index in [9.17, 15) is 9.59 Å². The number of benzene rings is 8. The lowest BCUT2D eigenvalue weighted by molar-refractivity contribution is -0.137. The number of esters is 2. The topological polar surface area (TPSA) is 193 Å². The van der Waals surface area contributed by atoms with E-state index in [0.717, 1.165) is 179 Å². The van der Waals surface area contributed by atoms with Gasteiger partial charge >= 0.3 is 11.9 Å². The van der Waals surface area contributed by atoms with Crippen LogP contribution in [0.3, 0.4) is 0 Å². The van der Waals surface area contributed by atoms with Gasteiger partial charge in [0, 0.05) is 95.1 Å². The molecule has 10 heterocycles. The van der Waals surface area contributed by atoms with Gasteiger partial charge < -0.3 is 35.1 Å². The Hall–Kier alpha value is -14.1. The number of nitrogens with zero attached hydrogens (tertiary/aromatic N) is 4. The van der Waals surface area contributed by atoms with Crippen molar-refractivity contribution in [3.63, 3.8) is 0 Å². The fraction of sp³-hybridized carbons (Fsp3) is 0.0323. The molecule has 0 saturated carbocycles. The Kier molecular flexibility index (Phi) is 16.7. The van der Waals surface area contributed by atoms with Crippen LogP contribution in [0, 0.1) is 0 Å². The van der Waals surface area contributed by atoms with Crippen LogP contribution in [0.5, 0.6) is 11.5 Å². The molecule has 1 atom stereocenters. The minimum absolute atomic E-state index is 0.0203. The fourth-order valence-corrected chi connectivity index (χ4v) is 14.6. The van der Waals surface area contributed by atoms with E-state index in [1.165, 1.54) is 0 Å². The third kappa shape index (κ3) is 12.4. The highest BCUT2D eigenvalue weighted by molar-refractivity contribution is 6.03. The second kappa shape index (κ2) is 27.7. The summed E-state index contributed by atoms with van der Waals surface area (Å²) in [4.78, 5) is 64.5. The van der Waals surface area contributed by atoms with Gasteiger partial charge in [0.2, 0.25) is 0 Å². The predicted molar refractivity (Wildman–Crippen MR) is 430 cm³/mol. The number of nitrogens with two attached hydrogens (primary N) is 1. The molecule has 14 aromatic rings. The molecule has 13 nitrogen and oxygen atoms in total. The summed E-state index contributed by atoms with van der Waals surface area (Å²) >= 11 is 0. The second-order valence-corrected chi connectivity index (χ2v) is 26.3. The lowest BCUT2D eigenvalue weighted by Crippen LogP contribution is -2.35. The summed E-state index contributed by atoms with van der Waals surface area (Å²) in [6.45, 7) is 0. The van der Waals surface area contributed by atoms with Crippen molar-refractivity contribution in [2.75, 3.05) is 0 Å². The summed E-state index contributed by atoms with van der Waals surface area (Å²) in [5.74, 6) is -0.632. The molecule has 16 bridgehead atoms. The molecule has 0 saturated heterocycles. The number of rotatable bonds is 14. The number of nitrogens with one attached hydrogen (secondary N) is 4. The monoisotopic (exact) mass is 1370 g/mol. The quantitative estimate of drug-likeness (QED) is 0.0520. The van der Waals surface area contributed by atoms with Crippen molar-refractivity contribution in [1.29, 1.82) is 0 Å². The molecule has 0 aliphatic carbocycles. The van der Waals surface area contributed by atoms with Crippen molar-refractivity contribution in [3.8, 4) is 101 Å². The largest absolute Gasteiger partial charge is 0.427 e. The van der Waals surface area contributed by atoms with Gasteiger partial charge in [-0.25, -0.2) is 24.7 Å². The summed E-state index contributed by atoms with van der Waals surface area (Å²) in [5.41, 5.74) is 34.9. The van der Waals surface area contributed by atoms with E-state index >= 15 is 0 Å². The van der Waals surface area contributed by atoms with Gasteiger partial charge in [-0.05, 0) is 172 Å². The van der Waals surface area contributed by atoms with Crippen LogP contribution in [0.4, 0.5) is 0 Å². The third-order valence-electron chi connectivity index (χ3n) is 19.6. The zero-order valence-electron chi connectivity index (χ0n) is 57.2. The number of fused-ring (bicyclic) bond motifs is 16. The van der Waals surface area contributed by atoms with Gasteiger partial charge in [0.05, 0.1) is 45.6 Å². The smallest absolute Gasteiger partial charge is 0.328 e. The van der Waals surface area contributed by atoms with Gasteiger partial charge in [0.1, 0.15) is 17.5 Å². The van der Waals surface area contributed by atoms with Crippen molar-refractivity contribution >= 4 is 105 Å². The van der Waals surface area contributed by atoms with Crippen LogP contribution >= 0.6 is 0 Å². The second-order valence-electron chi connectivity index (χ2n) is 26.3. The van der Waals surface area contributed by atoms with Crippen LogP contribution in [-0.4, -0.2) is 57.9 Å². The Morgan fingerprint density at radius 1 is 0.264 bits per heavy atom. The summed E-state index contributed by atoms with van der Waals surface area (Å²) in [6, 6.07) is 92.3. The van der Waals surface area contributed by atoms with Gasteiger partial charge in [0.25, 0.3) is 0 Å². The average Bonchev–Trinajstić information content (AvgIpc) is 1.62. The van der Waals surface area contributed by atoms with Crippen molar-refractivity contribution in [3.05, 3.63) is 325 Å². The van der Waals surface area contributed by atoms with Gasteiger partial charge in [-0.1, -0.05) is 206 Å². The van der Waals surface area contributed by atoms with E-state index in [4.69, 9.17) is 35.1 Å². The molecular formula is C93H65N9O4. The highest BCUT2D eigenvalue weighted by atomic mass is 16.5. The number of carbonyl (C=O) groups excluding carboxylic acids is 2. The molecule has 106 heavy (non-hydrogen) atoms. The van der Waals surface area contributed by atoms with Crippen LogP contribution in [0.25, 0.3) is 182 Å². The highest BCUT2D eigenvalue weighted by Gasteiger charge is 2.24. The Balaban J connectivity index is 0.636. The number of carbonyl (C=O) groups is 2. The Labute approximate surface area is 609 Å². The summed E-state index contributed by atoms with van der Waals surface area (Å²) in [6.07, 6.45) is 16.4. The Bertz CT molecular complexity index is 6200. The summed E-state index contributed by atoms with van der Waals surface area (Å²) in [7, 11) is 0. The van der Waals surface area contributed by atoms with Crippen LogP contribution < -0.4 is 15.2 Å². The molecule has 0 radical (unpaired) electrons. The predicted octanol–water partition coefficient (Wildman–Crippen LogP) is 21.6. The molecule has 506 valence electrons. The first kappa shape index (κ1) is 64.0. The van der Waals surface area contributed by atoms with Crippen LogP contribution in [0.1, 0.15) is 58.4 Å². The molecule has 0 fully saturated rings. The lowest BCUT2D eigenvalue weighted by atomic mass is 10.0. The van der Waals surface area contributed by atoms with Gasteiger partial charge in [-0.15, -0.1) is 0 Å². The molecule has 13 heteroatoms. The summed E-state index contributed by atoms with van der Waals surface area (Å²) in [5, 5.41) is 0. The minimum Gasteiger partial charge on any atom is -0.427 e. The molecule has 4 aliphatic heterocycles. The van der Waals surface area contributed by atoms with E-state index < -0.39 is 18.0 Å². The molecule has 0 amide bonds. The number of aromatic amines is 4. The molecule has 6 N–H and O–H groups in total. The highest BCUT2D eigenvalue weighted by Crippen LogP contribution is 2.42. The lowest BCUT2D eigenvalue weighted by Gasteiger charge is -2.12. The Morgan fingerprint density at radius 3 is 0.679 bits per heavy atom. The van der Waals surface area contributed by atoms with Crippen molar-refractivity contribution in [2.24, 2.45) is 5.73 Å². The van der Waals surface area contributed by atoms with Crippen LogP contribution in [-0.2, 0) is 9.59 Å². The van der Waals surface area contributed by atoms with E-state index in [0.29, 0.717) is 5.75 Å². The maximum atomic E-state index is 13.8. The SMILES string of the molecule is N[C@@H](CCC(=O)Oc1ccc(-c2c3nc(c(-c4ccccc4)c4ccc([nH]4)c(-c4ccccc4)c4nc(c(-c5ccccc5)c5ccc2[nH]5)C=C4)C=C3)cc1)C(=O)Oc1ccc(-c2c3nc(c(-c4ccccc4)c4ccc([nH]4)c(-c4ccccc4)c4nc(c(-c5ccccc5)c5ccc2[nH]5)C=C4)C=C3)cc1. The van der Waals surface area contributed by atoms with E-state index in [-0.39, 0.29) is 18.6 Å². The zero-order chi connectivity index (χ0) is 71.0. The third-order valence-corrected chi connectivity index (χ3v) is 19.6. The zero-order valence-corrected chi connectivity index (χ0v) is 57.2. The number of aromatic nitrogens is 8. The van der Waals surface area contributed by atoms with E-state index in [2.05, 4.69) is 208 Å². The first-order valence-electron chi connectivity index (χ1n) is 35.3. The number of hydrogen-bond acceptors (Lipinski definition) is 9. The first-order chi connectivity index (χ1) is 52.2. The molecule has 0 unspecified atom stereocenters. The van der Waals surface area contributed by atoms with Crippen LogP contribution in [0.2, 0.25) is 0 Å². The van der Waals surface area contributed by atoms with Crippen molar-refractivity contribution in [1.82, 2.24) is 39.9 Å². The summed E-state index contributed by atoms with van der Waals surface area (Å²) < 4.78 is 11.9. The number of ether oxygens (including phenoxy) is 2. The average molecular weight is 1370 g/mol. The van der Waals surface area contributed by atoms with Crippen molar-refractivity contribution < 1.29 is 19.1 Å². The fourth-order valence-electron chi connectivity index (χ4n) is 14.6. The molecule has 6 aromatic heterocycles. The van der Waals surface area contributed by atoms with Gasteiger partial charge in [0.15, 0.2) is 0 Å². The molecular weight excluding hydrogens is 1310 g/mol. The maximum absolute atomic E-state index is 13.8. The normalized spacial score (nSPS) is 12.3. The van der Waals surface area contributed by atoms with E-state index in [1.54, 1.807) is 24.3 Å². The standard InChI is InChI=1S/C93H65N9O4/c94-67(93(104)106-66-37-33-64(34-38-66)92-82-54-50-78(101-82)89(61-27-15-5-16-28-61)74-46-42-70(97-74)86(58-21-9-2-10-22-58)71-43-47-75(98-71)90(62-29-17-6-18-30-62)79-51-55-83(92)102-79)39-56-84(103)105-65-35-31-63(32-36-65)91-80-52-48-76(99-80)87(59-23-11-3-12-24-59)72-44-40-68(95-72)85(57-19-7-1-8-20-57)69-41-45-73(96-69)88(60-25-13-4-14-26-60)77-49-53-81(91)100-77/h1-38,40-55,67,95,97,100,102H,39,56,94H2/t67-/m0/s1. The van der Waals surface area contributed by atoms with Gasteiger partial charge in [-0.2, -0.15) is 0 Å². The minimum atomic E-state index is -1.13. The maximum Gasteiger partial charge on any atom is 0.328 e. The first-order valence-corrected chi connectivity index (χ1v) is 35.3. The van der Waals surface area contributed by atoms with Gasteiger partial charge in [-0.3, -0.25) is 4.79 Å². The molecule has 8 aromatic carbocycles. The Morgan fingerprint density at radius 2 is 0.462 bits per heavy atom. The molecule has 4 aliphatic rings. The van der Waals surface area contributed by atoms with Crippen molar-refractivity contribution in [2.45, 2.75) is 18.9 Å². The molecule has 0 spiro atoms. The molecule has 18 rings (SSSR count).